The first-order chi connectivity index (χ1) is 10.3. The van der Waals surface area contributed by atoms with Crippen molar-refractivity contribution < 1.29 is 4.74 Å². The highest BCUT2D eigenvalue weighted by atomic mass is 32.2. The van der Waals surface area contributed by atoms with Crippen LogP contribution < -0.4 is 10.5 Å². The van der Waals surface area contributed by atoms with Crippen LogP contribution >= 0.6 is 11.8 Å². The Morgan fingerprint density at radius 1 is 1.10 bits per heavy atom. The van der Waals surface area contributed by atoms with Crippen molar-refractivity contribution in [3.05, 3.63) is 42.5 Å². The maximum Gasteiger partial charge on any atom is 0.119 e. The third-order valence-electron chi connectivity index (χ3n) is 3.43. The molecule has 108 valence electrons. The van der Waals surface area contributed by atoms with Crippen LogP contribution in [-0.2, 0) is 0 Å². The van der Waals surface area contributed by atoms with Crippen molar-refractivity contribution in [2.75, 3.05) is 19.4 Å². The highest BCUT2D eigenvalue weighted by molar-refractivity contribution is 7.99. The Morgan fingerprint density at radius 3 is 2.71 bits per heavy atom. The zero-order chi connectivity index (χ0) is 14.7. The smallest absolute Gasteiger partial charge is 0.119 e. The lowest BCUT2D eigenvalue weighted by Gasteiger charge is -2.11. The molecule has 0 fully saturated rings. The number of hydrogen-bond donors (Lipinski definition) is 1. The number of nitrogens with two attached hydrogens (primary N) is 1. The molecule has 0 atom stereocenters. The average molecular weight is 298 g/mol. The molecule has 0 saturated heterocycles. The minimum Gasteiger partial charge on any atom is -0.497 e. The molecule has 0 saturated carbocycles. The fraction of sp³-hybridized carbons (Fsp3) is 0.235. The zero-order valence-corrected chi connectivity index (χ0v) is 12.8. The first kappa shape index (κ1) is 14.2. The number of methoxy groups -OCH3 is 1. The van der Waals surface area contributed by atoms with E-state index in [1.807, 2.05) is 30.0 Å². The fourth-order valence-electron chi connectivity index (χ4n) is 2.37. The molecule has 0 aliphatic carbocycles. The van der Waals surface area contributed by atoms with Gasteiger partial charge in [-0.05, 0) is 43.0 Å². The van der Waals surface area contributed by atoms with E-state index in [1.165, 1.54) is 10.3 Å². The number of nitrogens with zero attached hydrogens (tertiary/aromatic N) is 1. The summed E-state index contributed by atoms with van der Waals surface area (Å²) in [5.41, 5.74) is 7.66. The summed E-state index contributed by atoms with van der Waals surface area (Å²) in [6.45, 7) is 0.720. The molecule has 21 heavy (non-hydrogen) atoms. The first-order valence-electron chi connectivity index (χ1n) is 7.03. The van der Waals surface area contributed by atoms with Crippen LogP contribution in [0.5, 0.6) is 5.75 Å². The molecular formula is C17H18N2OS. The minimum absolute atomic E-state index is 0.720. The highest BCUT2D eigenvalue weighted by Crippen LogP contribution is 2.35. The molecule has 0 aliphatic rings. The lowest BCUT2D eigenvalue weighted by atomic mass is 10.1. The summed E-state index contributed by atoms with van der Waals surface area (Å²) in [4.78, 5) is 6.02. The monoisotopic (exact) mass is 298 g/mol. The summed E-state index contributed by atoms with van der Waals surface area (Å²) in [6.07, 6.45) is 1.01. The van der Waals surface area contributed by atoms with Gasteiger partial charge in [-0.3, -0.25) is 0 Å². The van der Waals surface area contributed by atoms with Crippen LogP contribution in [0, 0.1) is 0 Å². The van der Waals surface area contributed by atoms with Crippen molar-refractivity contribution in [2.24, 2.45) is 5.73 Å². The largest absolute Gasteiger partial charge is 0.497 e. The van der Waals surface area contributed by atoms with E-state index in [4.69, 9.17) is 15.5 Å². The van der Waals surface area contributed by atoms with E-state index in [2.05, 4.69) is 24.3 Å². The summed E-state index contributed by atoms with van der Waals surface area (Å²) in [6, 6.07) is 14.3. The van der Waals surface area contributed by atoms with Crippen molar-refractivity contribution in [3.63, 3.8) is 0 Å². The van der Waals surface area contributed by atoms with Crippen molar-refractivity contribution in [1.82, 2.24) is 4.98 Å². The molecular weight excluding hydrogens is 280 g/mol. The van der Waals surface area contributed by atoms with Gasteiger partial charge < -0.3 is 10.5 Å². The summed E-state index contributed by atoms with van der Waals surface area (Å²) in [7, 11) is 1.69. The highest BCUT2D eigenvalue weighted by Gasteiger charge is 2.10. The lowest BCUT2D eigenvalue weighted by molar-refractivity contribution is 0.415. The number of benzene rings is 2. The van der Waals surface area contributed by atoms with Gasteiger partial charge in [0.15, 0.2) is 0 Å². The third-order valence-corrected chi connectivity index (χ3v) is 4.65. The Balaban J connectivity index is 2.22. The second kappa shape index (κ2) is 6.33. The Labute approximate surface area is 128 Å². The average Bonchev–Trinajstić information content (AvgIpc) is 2.54. The number of pyridine rings is 1. The molecule has 2 N–H and O–H groups in total. The van der Waals surface area contributed by atoms with Gasteiger partial charge in [-0.2, -0.15) is 0 Å². The number of para-hydroxylation sites is 1. The molecule has 3 aromatic rings. The van der Waals surface area contributed by atoms with Gasteiger partial charge in [-0.1, -0.05) is 18.2 Å². The van der Waals surface area contributed by atoms with Crippen molar-refractivity contribution >= 4 is 33.6 Å². The molecule has 0 spiro atoms. The van der Waals surface area contributed by atoms with Crippen LogP contribution in [0.4, 0.5) is 0 Å². The summed E-state index contributed by atoms with van der Waals surface area (Å²) in [5, 5.41) is 2.34. The van der Waals surface area contributed by atoms with E-state index < -0.39 is 0 Å². The number of ether oxygens (including phenoxy) is 1. The maximum atomic E-state index is 5.62. The van der Waals surface area contributed by atoms with E-state index in [0.717, 1.165) is 40.9 Å². The quantitative estimate of drug-likeness (QED) is 0.442. The number of hydrogen-bond acceptors (Lipinski definition) is 4. The molecule has 0 bridgehead atoms. The minimum atomic E-state index is 0.720. The molecule has 2 aromatic carbocycles. The van der Waals surface area contributed by atoms with Gasteiger partial charge in [-0.15, -0.1) is 11.8 Å². The van der Waals surface area contributed by atoms with Crippen LogP contribution in [0.1, 0.15) is 6.42 Å². The van der Waals surface area contributed by atoms with Crippen LogP contribution in [0.15, 0.2) is 47.4 Å². The van der Waals surface area contributed by atoms with Crippen LogP contribution in [-0.4, -0.2) is 24.4 Å². The molecule has 0 aliphatic heterocycles. The molecule has 0 amide bonds. The van der Waals surface area contributed by atoms with E-state index >= 15 is 0 Å². The second-order valence-electron chi connectivity index (χ2n) is 4.83. The van der Waals surface area contributed by atoms with Gasteiger partial charge in [0, 0.05) is 15.7 Å². The topological polar surface area (TPSA) is 48.1 Å². The Bertz CT molecular complexity index is 773. The summed E-state index contributed by atoms with van der Waals surface area (Å²) >= 11 is 1.85. The number of aromatic nitrogens is 1. The number of rotatable bonds is 5. The van der Waals surface area contributed by atoms with E-state index in [-0.39, 0.29) is 0 Å². The Morgan fingerprint density at radius 2 is 1.90 bits per heavy atom. The molecule has 0 radical (unpaired) electrons. The van der Waals surface area contributed by atoms with Gasteiger partial charge in [-0.25, -0.2) is 4.98 Å². The fourth-order valence-corrected chi connectivity index (χ4v) is 3.53. The predicted octanol–water partition coefficient (Wildman–Crippen LogP) is 3.84. The molecule has 0 unspecified atom stereocenters. The first-order valence-corrected chi connectivity index (χ1v) is 8.01. The molecule has 4 heteroatoms. The zero-order valence-electron chi connectivity index (χ0n) is 12.0. The SMILES string of the molecule is COc1ccc2nc3ccccc3c(SCCCN)c2c1. The second-order valence-corrected chi connectivity index (χ2v) is 5.94. The van der Waals surface area contributed by atoms with Gasteiger partial charge in [0.25, 0.3) is 0 Å². The van der Waals surface area contributed by atoms with Crippen LogP contribution in [0.3, 0.4) is 0 Å². The lowest BCUT2D eigenvalue weighted by Crippen LogP contribution is -1.99. The molecule has 3 rings (SSSR count). The predicted molar refractivity (Wildman–Crippen MR) is 90.2 cm³/mol. The van der Waals surface area contributed by atoms with Crippen molar-refractivity contribution in [2.45, 2.75) is 11.3 Å². The standard InChI is InChI=1S/C17H18N2OS/c1-20-12-7-8-16-14(11-12)17(21-10-4-9-18)13-5-2-3-6-15(13)19-16/h2-3,5-8,11H,4,9-10,18H2,1H3. The third kappa shape index (κ3) is 2.82. The van der Waals surface area contributed by atoms with Crippen LogP contribution in [0.25, 0.3) is 21.8 Å². The molecule has 1 heterocycles. The van der Waals surface area contributed by atoms with E-state index in [9.17, 15) is 0 Å². The van der Waals surface area contributed by atoms with Crippen LogP contribution in [0.2, 0.25) is 0 Å². The van der Waals surface area contributed by atoms with Crippen molar-refractivity contribution in [1.29, 1.82) is 0 Å². The maximum absolute atomic E-state index is 5.62. The Kier molecular flexibility index (Phi) is 4.27. The molecule has 1 aromatic heterocycles. The number of thioether (sulfide) groups is 1. The summed E-state index contributed by atoms with van der Waals surface area (Å²) < 4.78 is 5.36. The normalized spacial score (nSPS) is 11.1. The van der Waals surface area contributed by atoms with E-state index in [0.29, 0.717) is 0 Å². The van der Waals surface area contributed by atoms with Gasteiger partial charge in [0.05, 0.1) is 18.1 Å². The van der Waals surface area contributed by atoms with Crippen molar-refractivity contribution in [3.8, 4) is 5.75 Å². The van der Waals surface area contributed by atoms with Gasteiger partial charge in [0.1, 0.15) is 5.75 Å². The van der Waals surface area contributed by atoms with E-state index in [1.54, 1.807) is 7.11 Å². The summed E-state index contributed by atoms with van der Waals surface area (Å²) in [5.74, 6) is 1.87. The van der Waals surface area contributed by atoms with Gasteiger partial charge >= 0.3 is 0 Å². The molecule has 3 nitrogen and oxygen atoms in total. The number of fused-ring (bicyclic) bond motifs is 2. The Hall–Kier alpha value is -1.78. The van der Waals surface area contributed by atoms with Gasteiger partial charge in [0.2, 0.25) is 0 Å².